The second kappa shape index (κ2) is 8.62. The highest BCUT2D eigenvalue weighted by Gasteiger charge is 2.34. The second-order valence-electron chi connectivity index (χ2n) is 6.61. The maximum absolute atomic E-state index is 13.0. The molecule has 0 radical (unpaired) electrons. The molecule has 7 nitrogen and oxygen atoms in total. The highest BCUT2D eigenvalue weighted by Crippen LogP contribution is 2.37. The topological polar surface area (TPSA) is 108 Å². The number of rotatable bonds is 5. The molecule has 1 aromatic heterocycles. The number of anilines is 1. The van der Waals surface area contributed by atoms with E-state index in [4.69, 9.17) is 28.2 Å². The van der Waals surface area contributed by atoms with Crippen molar-refractivity contribution < 1.29 is 29.0 Å². The summed E-state index contributed by atoms with van der Waals surface area (Å²) in [6.45, 7) is 0. The van der Waals surface area contributed by atoms with Gasteiger partial charge in [-0.1, -0.05) is 47.7 Å². The molecule has 0 spiro atoms. The zero-order chi connectivity index (χ0) is 23.0. The van der Waals surface area contributed by atoms with Crippen LogP contribution in [0.5, 0.6) is 0 Å². The molecule has 2 aromatic carbocycles. The minimum atomic E-state index is -1.32. The molecule has 2 heterocycles. The van der Waals surface area contributed by atoms with Gasteiger partial charge in [-0.25, -0.2) is 9.59 Å². The average Bonchev–Trinajstić information content (AvgIpc) is 3.32. The smallest absolute Gasteiger partial charge is 0.335 e. The SMILES string of the molecule is O=C(O)c1cc(C(=O)O)cc(N2C(=O)/C(=C\c3ccc(-c4cccc(Cl)c4)o3)SC2=S)c1. The van der Waals surface area contributed by atoms with Crippen LogP contribution in [0.25, 0.3) is 17.4 Å². The predicted octanol–water partition coefficient (Wildman–Crippen LogP) is 5.40. The number of thiocarbonyl (C=S) groups is 1. The Balaban J connectivity index is 1.66. The van der Waals surface area contributed by atoms with Crippen LogP contribution in [0.15, 0.2) is 63.9 Å². The third kappa shape index (κ3) is 4.31. The molecule has 0 aliphatic carbocycles. The van der Waals surface area contributed by atoms with Gasteiger partial charge in [0.2, 0.25) is 0 Å². The van der Waals surface area contributed by atoms with Crippen LogP contribution in [0.1, 0.15) is 26.5 Å². The van der Waals surface area contributed by atoms with Gasteiger partial charge in [-0.15, -0.1) is 0 Å². The van der Waals surface area contributed by atoms with Gasteiger partial charge in [0.15, 0.2) is 4.32 Å². The molecule has 1 fully saturated rings. The Kier molecular flexibility index (Phi) is 5.88. The first-order valence-corrected chi connectivity index (χ1v) is 10.6. The zero-order valence-corrected chi connectivity index (χ0v) is 18.3. The van der Waals surface area contributed by atoms with E-state index in [-0.39, 0.29) is 26.0 Å². The van der Waals surface area contributed by atoms with Gasteiger partial charge in [0.1, 0.15) is 11.5 Å². The first-order chi connectivity index (χ1) is 15.2. The van der Waals surface area contributed by atoms with Crippen molar-refractivity contribution in [2.24, 2.45) is 0 Å². The normalized spacial score (nSPS) is 14.9. The van der Waals surface area contributed by atoms with Gasteiger partial charge in [-0.05, 0) is 42.5 Å². The summed E-state index contributed by atoms with van der Waals surface area (Å²) in [5.41, 5.74) is 0.300. The van der Waals surface area contributed by atoms with Crippen molar-refractivity contribution in [3.8, 4) is 11.3 Å². The van der Waals surface area contributed by atoms with Crippen LogP contribution in [0.3, 0.4) is 0 Å². The van der Waals surface area contributed by atoms with Crippen molar-refractivity contribution >= 4 is 69.5 Å². The van der Waals surface area contributed by atoms with Gasteiger partial charge in [0, 0.05) is 16.7 Å². The van der Waals surface area contributed by atoms with Crippen molar-refractivity contribution in [1.29, 1.82) is 0 Å². The summed E-state index contributed by atoms with van der Waals surface area (Å²) in [5, 5.41) is 19.1. The first kappa shape index (κ1) is 21.8. The van der Waals surface area contributed by atoms with Gasteiger partial charge < -0.3 is 14.6 Å². The number of benzene rings is 2. The van der Waals surface area contributed by atoms with Crippen LogP contribution < -0.4 is 4.90 Å². The molecule has 4 rings (SSSR count). The molecular formula is C22H12ClNO6S2. The minimum absolute atomic E-state index is 0.0623. The fraction of sp³-hybridized carbons (Fsp3) is 0. The van der Waals surface area contributed by atoms with E-state index in [9.17, 15) is 24.6 Å². The number of carboxylic acids is 2. The van der Waals surface area contributed by atoms with Crippen LogP contribution in [0.4, 0.5) is 5.69 Å². The molecular weight excluding hydrogens is 474 g/mol. The van der Waals surface area contributed by atoms with E-state index in [1.807, 2.05) is 6.07 Å². The quantitative estimate of drug-likeness (QED) is 0.365. The molecule has 2 N–H and O–H groups in total. The lowest BCUT2D eigenvalue weighted by atomic mass is 10.1. The maximum atomic E-state index is 13.0. The molecule has 1 amide bonds. The van der Waals surface area contributed by atoms with Gasteiger partial charge in [0.25, 0.3) is 5.91 Å². The molecule has 32 heavy (non-hydrogen) atoms. The standard InChI is InChI=1S/C22H12ClNO6S2/c23-14-3-1-2-11(7-14)17-5-4-16(30-17)10-18-19(25)24(22(31)32-18)15-8-12(20(26)27)6-13(9-15)21(28)29/h1-10H,(H,26,27)(H,28,29)/b18-10+. The third-order valence-corrected chi connectivity index (χ3v) is 6.01. The number of carbonyl (C=O) groups excluding carboxylic acids is 1. The Morgan fingerprint density at radius 2 is 1.72 bits per heavy atom. The van der Waals surface area contributed by atoms with E-state index in [2.05, 4.69) is 0 Å². The Morgan fingerprint density at radius 1 is 1.03 bits per heavy atom. The largest absolute Gasteiger partial charge is 0.478 e. The Labute approximate surface area is 195 Å². The molecule has 1 saturated heterocycles. The summed E-state index contributed by atoms with van der Waals surface area (Å²) in [5.74, 6) is -2.18. The first-order valence-electron chi connectivity index (χ1n) is 8.98. The monoisotopic (exact) mass is 485 g/mol. The van der Waals surface area contributed by atoms with Crippen molar-refractivity contribution in [1.82, 2.24) is 0 Å². The molecule has 1 aliphatic rings. The fourth-order valence-corrected chi connectivity index (χ4v) is 4.50. The van der Waals surface area contributed by atoms with Crippen LogP contribution in [0, 0.1) is 0 Å². The second-order valence-corrected chi connectivity index (χ2v) is 8.72. The summed E-state index contributed by atoms with van der Waals surface area (Å²) in [7, 11) is 0. The number of furan rings is 1. The highest BCUT2D eigenvalue weighted by molar-refractivity contribution is 8.27. The van der Waals surface area contributed by atoms with Gasteiger partial charge in [0.05, 0.1) is 21.7 Å². The molecule has 0 bridgehead atoms. The van der Waals surface area contributed by atoms with Crippen molar-refractivity contribution in [2.75, 3.05) is 4.90 Å². The average molecular weight is 486 g/mol. The molecule has 0 atom stereocenters. The number of halogens is 1. The van der Waals surface area contributed by atoms with E-state index in [0.717, 1.165) is 28.3 Å². The van der Waals surface area contributed by atoms with Crippen molar-refractivity contribution in [3.63, 3.8) is 0 Å². The summed E-state index contributed by atoms with van der Waals surface area (Å²) in [6.07, 6.45) is 1.52. The molecule has 160 valence electrons. The number of hydrogen-bond donors (Lipinski definition) is 2. The minimum Gasteiger partial charge on any atom is -0.478 e. The molecule has 0 saturated carbocycles. The molecule has 10 heteroatoms. The highest BCUT2D eigenvalue weighted by atomic mass is 35.5. The number of aromatic carboxylic acids is 2. The van der Waals surface area contributed by atoms with Gasteiger partial charge in [-0.3, -0.25) is 9.69 Å². The summed E-state index contributed by atoms with van der Waals surface area (Å²) in [4.78, 5) is 37.1. The zero-order valence-electron chi connectivity index (χ0n) is 15.9. The van der Waals surface area contributed by atoms with Crippen LogP contribution in [0.2, 0.25) is 5.02 Å². The van der Waals surface area contributed by atoms with Crippen LogP contribution >= 0.6 is 35.6 Å². The fourth-order valence-electron chi connectivity index (χ4n) is 3.03. The van der Waals surface area contributed by atoms with Crippen molar-refractivity contribution in [2.45, 2.75) is 0 Å². The maximum Gasteiger partial charge on any atom is 0.335 e. The summed E-state index contributed by atoms with van der Waals surface area (Å²) >= 11 is 12.3. The van der Waals surface area contributed by atoms with Crippen molar-refractivity contribution in [3.05, 3.63) is 81.4 Å². The van der Waals surface area contributed by atoms with E-state index in [0.29, 0.717) is 16.5 Å². The predicted molar refractivity (Wildman–Crippen MR) is 125 cm³/mol. The number of hydrogen-bond acceptors (Lipinski definition) is 6. The molecule has 1 aliphatic heterocycles. The Bertz CT molecular complexity index is 1300. The van der Waals surface area contributed by atoms with Crippen LogP contribution in [-0.4, -0.2) is 32.4 Å². The van der Waals surface area contributed by atoms with Crippen LogP contribution in [-0.2, 0) is 4.79 Å². The summed E-state index contributed by atoms with van der Waals surface area (Å²) in [6, 6.07) is 14.0. The van der Waals surface area contributed by atoms with E-state index >= 15 is 0 Å². The Morgan fingerprint density at radius 3 is 2.34 bits per heavy atom. The Hall–Kier alpha value is -3.40. The number of carbonyl (C=O) groups is 3. The van der Waals surface area contributed by atoms with E-state index in [1.165, 1.54) is 18.2 Å². The lowest BCUT2D eigenvalue weighted by molar-refractivity contribution is -0.113. The number of nitrogens with zero attached hydrogens (tertiary/aromatic N) is 1. The van der Waals surface area contributed by atoms with Gasteiger partial charge >= 0.3 is 11.9 Å². The molecule has 3 aromatic rings. The van der Waals surface area contributed by atoms with E-state index < -0.39 is 17.8 Å². The number of thioether (sulfide) groups is 1. The number of amides is 1. The lowest BCUT2D eigenvalue weighted by Gasteiger charge is -2.16. The number of carboxylic acid groups (broad SMARTS) is 2. The van der Waals surface area contributed by atoms with E-state index in [1.54, 1.807) is 30.3 Å². The van der Waals surface area contributed by atoms with Gasteiger partial charge in [-0.2, -0.15) is 0 Å². The molecule has 0 unspecified atom stereocenters. The summed E-state index contributed by atoms with van der Waals surface area (Å²) < 4.78 is 5.94. The lowest BCUT2D eigenvalue weighted by Crippen LogP contribution is -2.28. The third-order valence-electron chi connectivity index (χ3n) is 4.47.